The van der Waals surface area contributed by atoms with Crippen LogP contribution in [-0.4, -0.2) is 19.8 Å². The van der Waals surface area contributed by atoms with Gasteiger partial charge in [0.05, 0.1) is 6.61 Å². The normalized spacial score (nSPS) is 10.5. The van der Waals surface area contributed by atoms with Gasteiger partial charge in [0.15, 0.2) is 0 Å². The molecule has 0 atom stereocenters. The first-order chi connectivity index (χ1) is 15.8. The van der Waals surface area contributed by atoms with Gasteiger partial charge in [-0.05, 0) is 48.9 Å². The molecule has 4 heteroatoms. The van der Waals surface area contributed by atoms with Crippen molar-refractivity contribution >= 4 is 5.69 Å². The molecule has 32 heavy (non-hydrogen) atoms. The summed E-state index contributed by atoms with van der Waals surface area (Å²) in [5, 5.41) is 3.47. The van der Waals surface area contributed by atoms with E-state index >= 15 is 0 Å². The molecule has 0 bridgehead atoms. The minimum absolute atomic E-state index is 0.496. The first-order valence-electron chi connectivity index (χ1n) is 11.7. The lowest BCUT2D eigenvalue weighted by atomic mass is 10.2. The van der Waals surface area contributed by atoms with E-state index in [1.807, 2.05) is 60.7 Å². The molecule has 3 aromatic carbocycles. The molecule has 0 unspecified atom stereocenters. The summed E-state index contributed by atoms with van der Waals surface area (Å²) in [7, 11) is 0. The van der Waals surface area contributed by atoms with Gasteiger partial charge in [-0.2, -0.15) is 0 Å². The number of ether oxygens (including phenoxy) is 3. The molecule has 0 aliphatic rings. The third-order valence-electron chi connectivity index (χ3n) is 5.18. The standard InChI is InChI=1S/C28H35NO3/c1-2-3-4-5-11-20-30-27-18-16-25(17-19-27)29-23-24-12-9-10-15-28(24)32-22-21-31-26-13-7-6-8-14-26/h6-10,12-19,29H,2-5,11,20-23H2,1H3. The van der Waals surface area contributed by atoms with Crippen molar-refractivity contribution in [2.45, 2.75) is 45.6 Å². The fourth-order valence-electron chi connectivity index (χ4n) is 3.38. The van der Waals surface area contributed by atoms with E-state index in [4.69, 9.17) is 14.2 Å². The second-order valence-electron chi connectivity index (χ2n) is 7.76. The van der Waals surface area contributed by atoms with Gasteiger partial charge in [0, 0.05) is 17.8 Å². The lowest BCUT2D eigenvalue weighted by Gasteiger charge is -2.14. The van der Waals surface area contributed by atoms with Gasteiger partial charge in [-0.15, -0.1) is 0 Å². The second kappa shape index (κ2) is 14.0. The van der Waals surface area contributed by atoms with Gasteiger partial charge < -0.3 is 19.5 Å². The molecular formula is C28H35NO3. The fourth-order valence-corrected chi connectivity index (χ4v) is 3.38. The van der Waals surface area contributed by atoms with Crippen LogP contribution in [0.1, 0.15) is 44.6 Å². The largest absolute Gasteiger partial charge is 0.494 e. The van der Waals surface area contributed by atoms with Crippen molar-refractivity contribution in [3.63, 3.8) is 0 Å². The van der Waals surface area contributed by atoms with Crippen LogP contribution in [0.4, 0.5) is 5.69 Å². The Bertz CT molecular complexity index is 881. The van der Waals surface area contributed by atoms with Crippen molar-refractivity contribution in [1.29, 1.82) is 0 Å². The molecule has 170 valence electrons. The van der Waals surface area contributed by atoms with E-state index in [1.165, 1.54) is 25.7 Å². The quantitative estimate of drug-likeness (QED) is 0.259. The van der Waals surface area contributed by atoms with Crippen LogP contribution in [0, 0.1) is 0 Å². The number of hydrogen-bond donors (Lipinski definition) is 1. The fraction of sp³-hybridized carbons (Fsp3) is 0.357. The maximum absolute atomic E-state index is 5.96. The molecule has 0 saturated heterocycles. The lowest BCUT2D eigenvalue weighted by molar-refractivity contribution is 0.216. The number of unbranched alkanes of at least 4 members (excludes halogenated alkanes) is 4. The minimum atomic E-state index is 0.496. The van der Waals surface area contributed by atoms with Gasteiger partial charge in [-0.1, -0.05) is 69.0 Å². The van der Waals surface area contributed by atoms with Crippen LogP contribution in [0.2, 0.25) is 0 Å². The van der Waals surface area contributed by atoms with Crippen LogP contribution in [0.25, 0.3) is 0 Å². The van der Waals surface area contributed by atoms with Crippen LogP contribution < -0.4 is 19.5 Å². The SMILES string of the molecule is CCCCCCCOc1ccc(NCc2ccccc2OCCOc2ccccc2)cc1. The summed E-state index contributed by atoms with van der Waals surface area (Å²) in [6.07, 6.45) is 6.25. The van der Waals surface area contributed by atoms with E-state index in [1.54, 1.807) is 0 Å². The molecule has 0 aliphatic carbocycles. The van der Waals surface area contributed by atoms with E-state index in [9.17, 15) is 0 Å². The summed E-state index contributed by atoms with van der Waals surface area (Å²) >= 11 is 0. The van der Waals surface area contributed by atoms with E-state index in [0.717, 1.165) is 41.5 Å². The molecule has 0 amide bonds. The van der Waals surface area contributed by atoms with E-state index < -0.39 is 0 Å². The van der Waals surface area contributed by atoms with Gasteiger partial charge in [0.2, 0.25) is 0 Å². The van der Waals surface area contributed by atoms with Gasteiger partial charge in [-0.3, -0.25) is 0 Å². The van der Waals surface area contributed by atoms with Crippen LogP contribution in [-0.2, 0) is 6.54 Å². The number of hydrogen-bond acceptors (Lipinski definition) is 4. The van der Waals surface area contributed by atoms with Crippen molar-refractivity contribution in [2.75, 3.05) is 25.1 Å². The van der Waals surface area contributed by atoms with Crippen molar-refractivity contribution in [2.24, 2.45) is 0 Å². The highest BCUT2D eigenvalue weighted by Gasteiger charge is 2.04. The van der Waals surface area contributed by atoms with Crippen LogP contribution in [0.5, 0.6) is 17.2 Å². The third kappa shape index (κ3) is 8.54. The van der Waals surface area contributed by atoms with Gasteiger partial charge in [-0.25, -0.2) is 0 Å². The molecule has 3 aromatic rings. The van der Waals surface area contributed by atoms with E-state index in [2.05, 4.69) is 30.4 Å². The Morgan fingerprint density at radius 2 is 1.25 bits per heavy atom. The Hall–Kier alpha value is -3.14. The Kier molecular flexibility index (Phi) is 10.3. The molecule has 0 aliphatic heterocycles. The molecule has 0 aromatic heterocycles. The van der Waals surface area contributed by atoms with Gasteiger partial charge in [0.25, 0.3) is 0 Å². The Balaban J connectivity index is 1.39. The maximum atomic E-state index is 5.96. The monoisotopic (exact) mass is 433 g/mol. The van der Waals surface area contributed by atoms with Crippen LogP contribution in [0.3, 0.4) is 0 Å². The first kappa shape index (κ1) is 23.5. The number of para-hydroxylation sites is 2. The summed E-state index contributed by atoms with van der Waals surface area (Å²) in [4.78, 5) is 0. The molecule has 4 nitrogen and oxygen atoms in total. The first-order valence-corrected chi connectivity index (χ1v) is 11.7. The highest BCUT2D eigenvalue weighted by atomic mass is 16.5. The zero-order chi connectivity index (χ0) is 22.3. The zero-order valence-corrected chi connectivity index (χ0v) is 19.1. The second-order valence-corrected chi connectivity index (χ2v) is 7.76. The Labute approximate surface area is 192 Å². The van der Waals surface area contributed by atoms with Gasteiger partial charge >= 0.3 is 0 Å². The van der Waals surface area contributed by atoms with Crippen LogP contribution in [0.15, 0.2) is 78.9 Å². The molecule has 1 N–H and O–H groups in total. The highest BCUT2D eigenvalue weighted by molar-refractivity contribution is 5.48. The van der Waals surface area contributed by atoms with Crippen LogP contribution >= 0.6 is 0 Å². The highest BCUT2D eigenvalue weighted by Crippen LogP contribution is 2.21. The summed E-state index contributed by atoms with van der Waals surface area (Å²) in [6, 6.07) is 26.1. The third-order valence-corrected chi connectivity index (χ3v) is 5.18. The number of anilines is 1. The average molecular weight is 434 g/mol. The molecule has 0 heterocycles. The predicted molar refractivity (Wildman–Crippen MR) is 132 cm³/mol. The molecule has 0 fully saturated rings. The molecule has 0 saturated carbocycles. The lowest BCUT2D eigenvalue weighted by Crippen LogP contribution is -2.10. The topological polar surface area (TPSA) is 39.7 Å². The average Bonchev–Trinajstić information content (AvgIpc) is 2.85. The van der Waals surface area contributed by atoms with E-state index in [0.29, 0.717) is 19.8 Å². The number of nitrogens with one attached hydrogen (secondary N) is 1. The predicted octanol–water partition coefficient (Wildman–Crippen LogP) is 7.11. The molecular weight excluding hydrogens is 398 g/mol. The minimum Gasteiger partial charge on any atom is -0.494 e. The molecule has 3 rings (SSSR count). The summed E-state index contributed by atoms with van der Waals surface area (Å²) in [6.45, 7) is 4.71. The summed E-state index contributed by atoms with van der Waals surface area (Å²) < 4.78 is 17.5. The summed E-state index contributed by atoms with van der Waals surface area (Å²) in [5.74, 6) is 2.66. The zero-order valence-electron chi connectivity index (χ0n) is 19.1. The van der Waals surface area contributed by atoms with Crippen molar-refractivity contribution in [1.82, 2.24) is 0 Å². The number of benzene rings is 3. The Morgan fingerprint density at radius 3 is 2.06 bits per heavy atom. The van der Waals surface area contributed by atoms with Gasteiger partial charge in [0.1, 0.15) is 30.5 Å². The summed E-state index contributed by atoms with van der Waals surface area (Å²) in [5.41, 5.74) is 2.17. The Morgan fingerprint density at radius 1 is 0.594 bits per heavy atom. The van der Waals surface area contributed by atoms with Crippen molar-refractivity contribution in [3.05, 3.63) is 84.4 Å². The molecule has 0 radical (unpaired) electrons. The smallest absolute Gasteiger partial charge is 0.124 e. The maximum Gasteiger partial charge on any atom is 0.124 e. The van der Waals surface area contributed by atoms with E-state index in [-0.39, 0.29) is 0 Å². The molecule has 0 spiro atoms. The number of rotatable bonds is 15. The van der Waals surface area contributed by atoms with Crippen molar-refractivity contribution < 1.29 is 14.2 Å². The van der Waals surface area contributed by atoms with Crippen molar-refractivity contribution in [3.8, 4) is 17.2 Å².